The van der Waals surface area contributed by atoms with Gasteiger partial charge < -0.3 is 5.73 Å². The van der Waals surface area contributed by atoms with E-state index in [4.69, 9.17) is 17.3 Å². The van der Waals surface area contributed by atoms with Gasteiger partial charge in [0.2, 0.25) is 0 Å². The molecule has 18 heavy (non-hydrogen) atoms. The van der Waals surface area contributed by atoms with Gasteiger partial charge in [0.1, 0.15) is 0 Å². The van der Waals surface area contributed by atoms with Crippen molar-refractivity contribution in [3.63, 3.8) is 0 Å². The van der Waals surface area contributed by atoms with Crippen molar-refractivity contribution >= 4 is 28.6 Å². The molecule has 0 unspecified atom stereocenters. The normalized spacial score (nSPS) is 11.8. The zero-order valence-electron chi connectivity index (χ0n) is 11.0. The van der Waals surface area contributed by atoms with Crippen molar-refractivity contribution in [3.8, 4) is 10.4 Å². The second-order valence-corrected chi connectivity index (χ2v) is 6.86. The number of rotatable bonds is 3. The topological polar surface area (TPSA) is 26.0 Å². The van der Waals surface area contributed by atoms with E-state index in [2.05, 4.69) is 39.0 Å². The number of benzene rings is 1. The minimum Gasteiger partial charge on any atom is -0.398 e. The summed E-state index contributed by atoms with van der Waals surface area (Å²) in [6.45, 7) is 6.64. The summed E-state index contributed by atoms with van der Waals surface area (Å²) in [6.07, 6.45) is 1.06. The molecule has 1 heterocycles. The van der Waals surface area contributed by atoms with Crippen LogP contribution in [0, 0.1) is 0 Å². The van der Waals surface area contributed by atoms with Crippen molar-refractivity contribution in [1.82, 2.24) is 0 Å². The van der Waals surface area contributed by atoms with Crippen LogP contribution in [-0.2, 0) is 5.41 Å². The molecule has 2 N–H and O–H groups in total. The fourth-order valence-corrected chi connectivity index (χ4v) is 2.99. The molecule has 96 valence electrons. The molecule has 0 aliphatic rings. The van der Waals surface area contributed by atoms with Gasteiger partial charge in [0.25, 0.3) is 0 Å². The Labute approximate surface area is 118 Å². The van der Waals surface area contributed by atoms with Crippen LogP contribution in [0.2, 0.25) is 4.34 Å². The molecule has 2 aromatic rings. The molecule has 3 heteroatoms. The third-order valence-electron chi connectivity index (χ3n) is 3.52. The lowest BCUT2D eigenvalue weighted by Gasteiger charge is -2.25. The van der Waals surface area contributed by atoms with Crippen molar-refractivity contribution in [1.29, 1.82) is 0 Å². The van der Waals surface area contributed by atoms with Gasteiger partial charge in [0.15, 0.2) is 0 Å². The lowest BCUT2D eigenvalue weighted by Crippen LogP contribution is -2.17. The molecule has 0 spiro atoms. The lowest BCUT2D eigenvalue weighted by atomic mass is 9.80. The molecule has 0 atom stereocenters. The van der Waals surface area contributed by atoms with Gasteiger partial charge in [-0.2, -0.15) is 0 Å². The van der Waals surface area contributed by atoms with Gasteiger partial charge >= 0.3 is 0 Å². The second kappa shape index (κ2) is 4.94. The van der Waals surface area contributed by atoms with Crippen molar-refractivity contribution in [2.24, 2.45) is 0 Å². The van der Waals surface area contributed by atoms with Crippen LogP contribution in [-0.4, -0.2) is 0 Å². The molecule has 0 fully saturated rings. The molecule has 0 saturated carbocycles. The summed E-state index contributed by atoms with van der Waals surface area (Å²) in [4.78, 5) is 1.19. The molecular weight excluding hydrogens is 262 g/mol. The van der Waals surface area contributed by atoms with Crippen LogP contribution in [0.4, 0.5) is 5.69 Å². The van der Waals surface area contributed by atoms with E-state index >= 15 is 0 Å². The van der Waals surface area contributed by atoms with Crippen LogP contribution >= 0.6 is 22.9 Å². The largest absolute Gasteiger partial charge is 0.398 e. The lowest BCUT2D eigenvalue weighted by molar-refractivity contribution is 0.508. The fourth-order valence-electron chi connectivity index (χ4n) is 1.96. The van der Waals surface area contributed by atoms with Crippen LogP contribution in [0.25, 0.3) is 10.4 Å². The van der Waals surface area contributed by atoms with Crippen molar-refractivity contribution in [2.45, 2.75) is 32.6 Å². The number of hydrogen-bond donors (Lipinski definition) is 1. The predicted octanol–water partition coefficient (Wildman–Crippen LogP) is 5.34. The molecular formula is C15H18ClNS. The zero-order valence-corrected chi connectivity index (χ0v) is 12.5. The Bertz CT molecular complexity index is 557. The quantitative estimate of drug-likeness (QED) is 0.754. The maximum Gasteiger partial charge on any atom is 0.0934 e. The average Bonchev–Trinajstić information content (AvgIpc) is 2.76. The van der Waals surface area contributed by atoms with Crippen LogP contribution in [0.5, 0.6) is 0 Å². The van der Waals surface area contributed by atoms with Gasteiger partial charge in [0, 0.05) is 10.6 Å². The number of anilines is 1. The number of halogens is 1. The van der Waals surface area contributed by atoms with Crippen LogP contribution in [0.1, 0.15) is 32.8 Å². The Balaban J connectivity index is 2.50. The number of thiophene rings is 1. The van der Waals surface area contributed by atoms with E-state index in [1.165, 1.54) is 16.0 Å². The smallest absolute Gasteiger partial charge is 0.0934 e. The van der Waals surface area contributed by atoms with Crippen LogP contribution in [0.15, 0.2) is 30.3 Å². The van der Waals surface area contributed by atoms with Crippen molar-refractivity contribution in [3.05, 3.63) is 40.2 Å². The van der Waals surface area contributed by atoms with E-state index in [9.17, 15) is 0 Å². The first-order chi connectivity index (χ1) is 8.44. The highest BCUT2D eigenvalue weighted by molar-refractivity contribution is 7.19. The van der Waals surface area contributed by atoms with Crippen molar-refractivity contribution in [2.75, 3.05) is 5.73 Å². The molecule has 2 rings (SSSR count). The van der Waals surface area contributed by atoms with Gasteiger partial charge in [-0.25, -0.2) is 0 Å². The summed E-state index contributed by atoms with van der Waals surface area (Å²) < 4.78 is 0.818. The fraction of sp³-hybridized carbons (Fsp3) is 0.333. The minimum atomic E-state index is 0.0984. The van der Waals surface area contributed by atoms with E-state index in [-0.39, 0.29) is 5.41 Å². The van der Waals surface area contributed by atoms with E-state index in [1.807, 2.05) is 12.1 Å². The summed E-state index contributed by atoms with van der Waals surface area (Å²) in [7, 11) is 0. The highest BCUT2D eigenvalue weighted by Crippen LogP contribution is 2.37. The van der Waals surface area contributed by atoms with E-state index in [0.717, 1.165) is 16.4 Å². The van der Waals surface area contributed by atoms with E-state index in [1.54, 1.807) is 11.3 Å². The molecule has 1 nitrogen and oxygen atoms in total. The summed E-state index contributed by atoms with van der Waals surface area (Å²) >= 11 is 7.59. The Morgan fingerprint density at radius 1 is 1.22 bits per heavy atom. The molecule has 1 aromatic heterocycles. The Hall–Kier alpha value is -0.990. The molecule has 0 aliphatic carbocycles. The molecule has 0 amide bonds. The molecule has 0 saturated heterocycles. The first kappa shape index (κ1) is 13.4. The Morgan fingerprint density at radius 3 is 2.50 bits per heavy atom. The monoisotopic (exact) mass is 279 g/mol. The number of nitrogens with two attached hydrogens (primary N) is 1. The summed E-state index contributed by atoms with van der Waals surface area (Å²) in [5.41, 5.74) is 9.49. The SMILES string of the molecule is CCC(C)(C)c1cc(-c2ccc(Cl)s2)ccc1N. The molecule has 0 radical (unpaired) electrons. The summed E-state index contributed by atoms with van der Waals surface area (Å²) in [6, 6.07) is 10.2. The molecule has 0 aliphatic heterocycles. The van der Waals surface area contributed by atoms with E-state index in [0.29, 0.717) is 0 Å². The maximum absolute atomic E-state index is 6.11. The van der Waals surface area contributed by atoms with Gasteiger partial charge in [-0.1, -0.05) is 38.4 Å². The standard InChI is InChI=1S/C15H18ClNS/c1-4-15(2,3)11-9-10(5-6-12(11)17)13-7-8-14(16)18-13/h5-9H,4,17H2,1-3H3. The Morgan fingerprint density at radius 2 is 1.94 bits per heavy atom. The number of nitrogen functional groups attached to an aromatic ring is 1. The maximum atomic E-state index is 6.11. The predicted molar refractivity (Wildman–Crippen MR) is 82.5 cm³/mol. The third kappa shape index (κ3) is 2.55. The minimum absolute atomic E-state index is 0.0984. The third-order valence-corrected chi connectivity index (χ3v) is 4.80. The average molecular weight is 280 g/mol. The van der Waals surface area contributed by atoms with Gasteiger partial charge in [0.05, 0.1) is 4.34 Å². The summed E-state index contributed by atoms with van der Waals surface area (Å²) in [5.74, 6) is 0. The highest BCUT2D eigenvalue weighted by Gasteiger charge is 2.21. The zero-order chi connectivity index (χ0) is 13.3. The Kier molecular flexibility index (Phi) is 3.69. The van der Waals surface area contributed by atoms with E-state index < -0.39 is 0 Å². The van der Waals surface area contributed by atoms with Crippen molar-refractivity contribution < 1.29 is 0 Å². The van der Waals surface area contributed by atoms with Crippen LogP contribution in [0.3, 0.4) is 0 Å². The second-order valence-electron chi connectivity index (χ2n) is 5.14. The highest BCUT2D eigenvalue weighted by atomic mass is 35.5. The van der Waals surface area contributed by atoms with Gasteiger partial charge in [-0.15, -0.1) is 11.3 Å². The first-order valence-electron chi connectivity index (χ1n) is 6.10. The number of hydrogen-bond acceptors (Lipinski definition) is 2. The first-order valence-corrected chi connectivity index (χ1v) is 7.29. The molecule has 1 aromatic carbocycles. The molecule has 0 bridgehead atoms. The van der Waals surface area contributed by atoms with Gasteiger partial charge in [-0.05, 0) is 47.2 Å². The summed E-state index contributed by atoms with van der Waals surface area (Å²) in [5, 5.41) is 0. The van der Waals surface area contributed by atoms with Gasteiger partial charge in [-0.3, -0.25) is 0 Å². The van der Waals surface area contributed by atoms with Crippen LogP contribution < -0.4 is 5.73 Å².